The van der Waals surface area contributed by atoms with Crippen LogP contribution in [0.2, 0.25) is 0 Å². The van der Waals surface area contributed by atoms with Crippen LogP contribution in [0.4, 0.5) is 5.82 Å². The van der Waals surface area contributed by atoms with Crippen molar-refractivity contribution in [2.24, 2.45) is 0 Å². The van der Waals surface area contributed by atoms with Crippen molar-refractivity contribution in [1.82, 2.24) is 25.0 Å². The van der Waals surface area contributed by atoms with Gasteiger partial charge in [0.1, 0.15) is 5.78 Å². The summed E-state index contributed by atoms with van der Waals surface area (Å²) < 4.78 is 7.60. The van der Waals surface area contributed by atoms with Crippen LogP contribution >= 0.6 is 0 Å². The molecule has 1 aliphatic heterocycles. The van der Waals surface area contributed by atoms with Crippen LogP contribution in [-0.4, -0.2) is 62.7 Å². The monoisotopic (exact) mass is 508 g/mol. The van der Waals surface area contributed by atoms with E-state index in [1.807, 2.05) is 30.6 Å². The lowest BCUT2D eigenvalue weighted by Gasteiger charge is -2.28. The molecule has 0 bridgehead atoms. The van der Waals surface area contributed by atoms with Gasteiger partial charge in [-0.15, -0.1) is 0 Å². The van der Waals surface area contributed by atoms with E-state index in [9.17, 15) is 9.59 Å². The highest BCUT2D eigenvalue weighted by atomic mass is 16.5. The normalized spacial score (nSPS) is 13.9. The number of carbonyl (C=O) groups is 2. The van der Waals surface area contributed by atoms with Crippen molar-refractivity contribution in [3.05, 3.63) is 36.2 Å². The number of anilines is 1. The minimum atomic E-state index is -0.371. The highest BCUT2D eigenvalue weighted by molar-refractivity contribution is 5.86. The number of hydrogen-bond donors (Lipinski definition) is 2. The van der Waals surface area contributed by atoms with Crippen LogP contribution in [0, 0.1) is 0 Å². The Kier molecular flexibility index (Phi) is 9.19. The standard InChI is InChI=1S/C27H36N6O4/c1-19(2)33-18-28-24-26(32-12-14-37-15-13-32)29-25(30-27(24)33)21-9-7-8-20(16-21)17-22(34)10-5-3-4-6-11-23(35)31-36/h7-9,16,18-19,36H,3-6,10-15,17H2,1-2H3,(H,31,35). The van der Waals surface area contributed by atoms with E-state index in [4.69, 9.17) is 19.9 Å². The number of imidazole rings is 1. The second-order valence-corrected chi connectivity index (χ2v) is 9.75. The van der Waals surface area contributed by atoms with Crippen molar-refractivity contribution in [2.45, 2.75) is 64.8 Å². The number of Topliss-reactive ketones (excluding diaryl/α,β-unsaturated/α-hetero) is 1. The molecule has 2 N–H and O–H groups in total. The molecule has 1 saturated heterocycles. The van der Waals surface area contributed by atoms with E-state index < -0.39 is 0 Å². The van der Waals surface area contributed by atoms with Crippen molar-refractivity contribution in [2.75, 3.05) is 31.2 Å². The number of fused-ring (bicyclic) bond motifs is 1. The fourth-order valence-electron chi connectivity index (χ4n) is 4.56. The molecule has 0 aliphatic carbocycles. The average Bonchev–Trinajstić information content (AvgIpc) is 3.35. The Hall–Kier alpha value is -3.37. The van der Waals surface area contributed by atoms with Crippen LogP contribution in [0.5, 0.6) is 0 Å². The lowest BCUT2D eigenvalue weighted by atomic mass is 10.0. The number of unbranched alkanes of at least 4 members (excludes halogenated alkanes) is 3. The first kappa shape index (κ1) is 26.7. The maximum absolute atomic E-state index is 12.6. The second-order valence-electron chi connectivity index (χ2n) is 9.75. The van der Waals surface area contributed by atoms with E-state index in [0.29, 0.717) is 44.7 Å². The Balaban J connectivity index is 1.47. The topological polar surface area (TPSA) is 122 Å². The molecular formula is C27H36N6O4. The number of ketones is 1. The first-order valence-corrected chi connectivity index (χ1v) is 13.1. The highest BCUT2D eigenvalue weighted by Crippen LogP contribution is 2.29. The number of amides is 1. The van der Waals surface area contributed by atoms with Gasteiger partial charge < -0.3 is 14.2 Å². The summed E-state index contributed by atoms with van der Waals surface area (Å²) in [7, 11) is 0. The van der Waals surface area contributed by atoms with Gasteiger partial charge in [0.05, 0.1) is 19.5 Å². The highest BCUT2D eigenvalue weighted by Gasteiger charge is 2.22. The number of benzene rings is 1. The zero-order valence-corrected chi connectivity index (χ0v) is 21.7. The molecular weight excluding hydrogens is 472 g/mol. The van der Waals surface area contributed by atoms with Crippen LogP contribution in [0.15, 0.2) is 30.6 Å². The molecule has 1 aromatic carbocycles. The van der Waals surface area contributed by atoms with Crippen molar-refractivity contribution in [3.63, 3.8) is 0 Å². The van der Waals surface area contributed by atoms with Gasteiger partial charge in [-0.2, -0.15) is 0 Å². The van der Waals surface area contributed by atoms with E-state index >= 15 is 0 Å². The third-order valence-electron chi connectivity index (χ3n) is 6.59. The number of aromatic nitrogens is 4. The molecule has 198 valence electrons. The summed E-state index contributed by atoms with van der Waals surface area (Å²) in [6.45, 7) is 7.03. The van der Waals surface area contributed by atoms with Gasteiger partial charge in [0.15, 0.2) is 22.8 Å². The van der Waals surface area contributed by atoms with Crippen LogP contribution in [0.25, 0.3) is 22.6 Å². The number of rotatable bonds is 12. The molecule has 1 aliphatic rings. The average molecular weight is 509 g/mol. The number of nitrogens with one attached hydrogen (secondary N) is 1. The predicted molar refractivity (Wildman–Crippen MR) is 141 cm³/mol. The van der Waals surface area contributed by atoms with Gasteiger partial charge in [0.2, 0.25) is 5.91 Å². The van der Waals surface area contributed by atoms with Gasteiger partial charge in [-0.25, -0.2) is 20.4 Å². The van der Waals surface area contributed by atoms with Crippen LogP contribution in [-0.2, 0) is 20.7 Å². The molecule has 37 heavy (non-hydrogen) atoms. The molecule has 10 heteroatoms. The van der Waals surface area contributed by atoms with E-state index in [1.165, 1.54) is 0 Å². The van der Waals surface area contributed by atoms with E-state index in [0.717, 1.165) is 60.5 Å². The summed E-state index contributed by atoms with van der Waals surface area (Å²) in [6, 6.07) is 8.12. The van der Waals surface area contributed by atoms with Gasteiger partial charge in [-0.05, 0) is 38.3 Å². The van der Waals surface area contributed by atoms with E-state index in [-0.39, 0.29) is 17.7 Å². The summed E-state index contributed by atoms with van der Waals surface area (Å²) in [6.07, 6.45) is 6.23. The van der Waals surface area contributed by atoms with E-state index in [2.05, 4.69) is 28.3 Å². The minimum absolute atomic E-state index is 0.188. The fourth-order valence-corrected chi connectivity index (χ4v) is 4.56. The summed E-state index contributed by atoms with van der Waals surface area (Å²) in [5, 5.41) is 8.52. The fraction of sp³-hybridized carbons (Fsp3) is 0.519. The Morgan fingerprint density at radius 1 is 1.08 bits per heavy atom. The van der Waals surface area contributed by atoms with Crippen LogP contribution < -0.4 is 10.4 Å². The Morgan fingerprint density at radius 3 is 2.57 bits per heavy atom. The van der Waals surface area contributed by atoms with Crippen LogP contribution in [0.3, 0.4) is 0 Å². The number of morpholine rings is 1. The van der Waals surface area contributed by atoms with Gasteiger partial charge in [-0.3, -0.25) is 14.8 Å². The van der Waals surface area contributed by atoms with Gasteiger partial charge in [-0.1, -0.05) is 31.0 Å². The second kappa shape index (κ2) is 12.7. The van der Waals surface area contributed by atoms with Gasteiger partial charge in [0, 0.05) is 44.0 Å². The van der Waals surface area contributed by atoms with Crippen molar-refractivity contribution in [3.8, 4) is 11.4 Å². The van der Waals surface area contributed by atoms with Gasteiger partial charge >= 0.3 is 0 Å². The zero-order chi connectivity index (χ0) is 26.2. The molecule has 0 atom stereocenters. The zero-order valence-electron chi connectivity index (χ0n) is 21.7. The molecule has 2 aromatic heterocycles. The number of carbonyl (C=O) groups excluding carboxylic acids is 2. The summed E-state index contributed by atoms with van der Waals surface area (Å²) in [5.74, 6) is 1.26. The lowest BCUT2D eigenvalue weighted by molar-refractivity contribution is -0.129. The van der Waals surface area contributed by atoms with Crippen molar-refractivity contribution < 1.29 is 19.5 Å². The van der Waals surface area contributed by atoms with E-state index in [1.54, 1.807) is 5.48 Å². The lowest BCUT2D eigenvalue weighted by Crippen LogP contribution is -2.37. The summed E-state index contributed by atoms with van der Waals surface area (Å²) in [4.78, 5) is 40.3. The smallest absolute Gasteiger partial charge is 0.243 e. The quantitative estimate of drug-likeness (QED) is 0.215. The largest absolute Gasteiger partial charge is 0.378 e. The van der Waals surface area contributed by atoms with Crippen molar-refractivity contribution >= 4 is 28.7 Å². The number of hydroxylamine groups is 1. The number of ether oxygens (including phenoxy) is 1. The molecule has 0 saturated carbocycles. The molecule has 1 amide bonds. The summed E-state index contributed by atoms with van der Waals surface area (Å²) in [5.41, 5.74) is 5.05. The minimum Gasteiger partial charge on any atom is -0.378 e. The molecule has 0 unspecified atom stereocenters. The Labute approximate surface area is 217 Å². The Morgan fingerprint density at radius 2 is 1.84 bits per heavy atom. The molecule has 10 nitrogen and oxygen atoms in total. The third-order valence-corrected chi connectivity index (χ3v) is 6.59. The van der Waals surface area contributed by atoms with Crippen molar-refractivity contribution in [1.29, 1.82) is 0 Å². The first-order chi connectivity index (χ1) is 18.0. The SMILES string of the molecule is CC(C)n1cnc2c(N3CCOCC3)nc(-c3cccc(CC(=O)CCCCCCC(=O)NO)c3)nc21. The maximum atomic E-state index is 12.6. The Bertz CT molecular complexity index is 1220. The molecule has 4 rings (SSSR count). The number of hydrogen-bond acceptors (Lipinski definition) is 8. The third kappa shape index (κ3) is 6.90. The predicted octanol–water partition coefficient (Wildman–Crippen LogP) is 3.87. The van der Waals surface area contributed by atoms with Gasteiger partial charge in [0.25, 0.3) is 0 Å². The molecule has 1 fully saturated rings. The molecule has 0 spiro atoms. The molecule has 0 radical (unpaired) electrons. The molecule has 3 heterocycles. The summed E-state index contributed by atoms with van der Waals surface area (Å²) >= 11 is 0. The van der Waals surface area contributed by atoms with Crippen LogP contribution in [0.1, 0.15) is 64.0 Å². The number of nitrogens with zero attached hydrogens (tertiary/aromatic N) is 5. The maximum Gasteiger partial charge on any atom is 0.243 e. The first-order valence-electron chi connectivity index (χ1n) is 13.1. The molecule has 3 aromatic rings.